The lowest BCUT2D eigenvalue weighted by Crippen LogP contribution is -2.26. The van der Waals surface area contributed by atoms with Crippen LogP contribution < -0.4 is 0 Å². The summed E-state index contributed by atoms with van der Waals surface area (Å²) in [6.45, 7) is 3.33. The van der Waals surface area contributed by atoms with Crippen molar-refractivity contribution in [2.75, 3.05) is 6.54 Å². The molecule has 0 atom stereocenters. The monoisotopic (exact) mass is 201 g/mol. The van der Waals surface area contributed by atoms with Gasteiger partial charge in [-0.25, -0.2) is 0 Å². The van der Waals surface area contributed by atoms with E-state index in [4.69, 9.17) is 22.2 Å². The number of hydrogen-bond acceptors (Lipinski definition) is 1. The zero-order chi connectivity index (χ0) is 7.11. The average Bonchev–Trinajstić information content (AvgIpc) is 1.91. The molecule has 0 aliphatic carbocycles. The summed E-state index contributed by atoms with van der Waals surface area (Å²) in [4.78, 5) is 0. The fraction of sp³-hybridized carbons (Fsp3) is 1.00. The molecule has 56 valence electrons. The van der Waals surface area contributed by atoms with Crippen LogP contribution in [0.1, 0.15) is 19.8 Å². The molecule has 0 bridgehead atoms. The van der Waals surface area contributed by atoms with Crippen LogP contribution in [0, 0.1) is 0 Å². The van der Waals surface area contributed by atoms with Crippen molar-refractivity contribution in [3.63, 3.8) is 0 Å². The Morgan fingerprint density at radius 3 is 2.22 bits per heavy atom. The van der Waals surface area contributed by atoms with Crippen LogP contribution in [0.3, 0.4) is 0 Å². The SMILES string of the molecule is CCCCN([SiH2]Cl)[SiH2]Cl. The third-order valence-electron chi connectivity index (χ3n) is 1.17. The van der Waals surface area contributed by atoms with Crippen LogP contribution in [0.2, 0.25) is 0 Å². The number of halogens is 2. The first-order chi connectivity index (χ1) is 4.35. The van der Waals surface area contributed by atoms with Gasteiger partial charge < -0.3 is 4.23 Å². The maximum atomic E-state index is 5.72. The van der Waals surface area contributed by atoms with Crippen LogP contribution in [0.5, 0.6) is 0 Å². The molecule has 0 aromatic rings. The average molecular weight is 202 g/mol. The molecule has 0 heterocycles. The predicted octanol–water partition coefficient (Wildman–Crippen LogP) is 0.564. The van der Waals surface area contributed by atoms with Crippen molar-refractivity contribution in [2.45, 2.75) is 19.8 Å². The molecule has 1 nitrogen and oxygen atoms in total. The Labute approximate surface area is 70.9 Å². The first-order valence-corrected chi connectivity index (χ1v) is 8.73. The van der Waals surface area contributed by atoms with Gasteiger partial charge in [-0.3, -0.25) is 0 Å². The van der Waals surface area contributed by atoms with Gasteiger partial charge in [-0.15, -0.1) is 0 Å². The van der Waals surface area contributed by atoms with Gasteiger partial charge in [-0.05, 0) is 13.0 Å². The summed E-state index contributed by atoms with van der Waals surface area (Å²) in [7, 11) is -0.914. The molecule has 0 saturated carbocycles. The predicted molar refractivity (Wildman–Crippen MR) is 50.4 cm³/mol. The van der Waals surface area contributed by atoms with E-state index in [0.717, 1.165) is 6.54 Å². The molecular formula is C4H13Cl2NSi2. The molecule has 0 aromatic carbocycles. The van der Waals surface area contributed by atoms with E-state index >= 15 is 0 Å². The van der Waals surface area contributed by atoms with Gasteiger partial charge in [0.05, 0.1) is 0 Å². The number of rotatable bonds is 5. The van der Waals surface area contributed by atoms with Gasteiger partial charge >= 0.3 is 0 Å². The largest absolute Gasteiger partial charge is 0.331 e. The van der Waals surface area contributed by atoms with Crippen molar-refractivity contribution >= 4 is 40.1 Å². The van der Waals surface area contributed by atoms with Crippen molar-refractivity contribution in [3.05, 3.63) is 0 Å². The van der Waals surface area contributed by atoms with E-state index < -0.39 is 18.0 Å². The van der Waals surface area contributed by atoms with E-state index in [-0.39, 0.29) is 0 Å². The normalized spacial score (nSPS) is 13.3. The summed E-state index contributed by atoms with van der Waals surface area (Å²) in [5.74, 6) is 0. The highest BCUT2D eigenvalue weighted by molar-refractivity contribution is 7.02. The minimum absolute atomic E-state index is 0.457. The van der Waals surface area contributed by atoms with E-state index in [1.54, 1.807) is 0 Å². The molecule has 0 N–H and O–H groups in total. The fourth-order valence-corrected chi connectivity index (χ4v) is 4.49. The van der Waals surface area contributed by atoms with Gasteiger partial charge in [0.2, 0.25) is 0 Å². The van der Waals surface area contributed by atoms with E-state index in [9.17, 15) is 0 Å². The second kappa shape index (κ2) is 7.09. The highest BCUT2D eigenvalue weighted by atomic mass is 35.6. The first-order valence-electron chi connectivity index (χ1n) is 3.19. The van der Waals surface area contributed by atoms with Gasteiger partial charge in [-0.1, -0.05) is 13.3 Å². The molecule has 0 spiro atoms. The molecule has 0 unspecified atom stereocenters. The highest BCUT2D eigenvalue weighted by Gasteiger charge is 1.98. The van der Waals surface area contributed by atoms with E-state index in [1.165, 1.54) is 12.8 Å². The van der Waals surface area contributed by atoms with E-state index in [1.807, 2.05) is 0 Å². The van der Waals surface area contributed by atoms with Gasteiger partial charge in [0.25, 0.3) is 0 Å². The van der Waals surface area contributed by atoms with Crippen LogP contribution >= 0.6 is 22.2 Å². The van der Waals surface area contributed by atoms with Crippen LogP contribution in [0.4, 0.5) is 0 Å². The van der Waals surface area contributed by atoms with Crippen LogP contribution in [-0.4, -0.2) is 28.8 Å². The van der Waals surface area contributed by atoms with Crippen molar-refractivity contribution in [1.29, 1.82) is 0 Å². The smallest absolute Gasteiger partial charge is 0.192 e. The summed E-state index contributed by atoms with van der Waals surface area (Å²) < 4.78 is 2.27. The van der Waals surface area contributed by atoms with Crippen molar-refractivity contribution < 1.29 is 0 Å². The quantitative estimate of drug-likeness (QED) is 0.465. The van der Waals surface area contributed by atoms with Gasteiger partial charge in [0, 0.05) is 0 Å². The Kier molecular flexibility index (Phi) is 7.85. The van der Waals surface area contributed by atoms with Crippen molar-refractivity contribution in [3.8, 4) is 0 Å². The first kappa shape index (κ1) is 9.97. The van der Waals surface area contributed by atoms with E-state index in [0.29, 0.717) is 0 Å². The molecule has 9 heavy (non-hydrogen) atoms. The third-order valence-corrected chi connectivity index (χ3v) is 7.55. The Balaban J connectivity index is 3.09. The summed E-state index contributed by atoms with van der Waals surface area (Å²) in [5, 5.41) is 0. The summed E-state index contributed by atoms with van der Waals surface area (Å²) in [6.07, 6.45) is 2.49. The van der Waals surface area contributed by atoms with E-state index in [2.05, 4.69) is 11.2 Å². The zero-order valence-corrected chi connectivity index (χ0v) is 10.1. The lowest BCUT2D eigenvalue weighted by Gasteiger charge is -2.13. The van der Waals surface area contributed by atoms with Crippen molar-refractivity contribution in [2.24, 2.45) is 0 Å². The Morgan fingerprint density at radius 2 is 1.89 bits per heavy atom. The molecule has 0 saturated heterocycles. The minimum atomic E-state index is -0.457. The fourth-order valence-electron chi connectivity index (χ4n) is 0.533. The van der Waals surface area contributed by atoms with Crippen LogP contribution in [-0.2, 0) is 0 Å². The molecule has 0 amide bonds. The molecule has 0 aliphatic rings. The number of nitrogens with zero attached hydrogens (tertiary/aromatic N) is 1. The maximum absolute atomic E-state index is 5.72. The van der Waals surface area contributed by atoms with Gasteiger partial charge in [-0.2, -0.15) is 22.2 Å². The Hall–Kier alpha value is 0.974. The molecular weight excluding hydrogens is 189 g/mol. The molecule has 0 radical (unpaired) electrons. The standard InChI is InChI=1S/C4H13Cl2NSi2/c1-2-3-4-7(8-5)9-6/h2-4,8-9H2,1H3. The molecule has 0 aromatic heterocycles. The zero-order valence-electron chi connectivity index (χ0n) is 5.74. The second-order valence-electron chi connectivity index (χ2n) is 1.99. The third kappa shape index (κ3) is 5.42. The second-order valence-corrected chi connectivity index (χ2v) is 6.58. The summed E-state index contributed by atoms with van der Waals surface area (Å²) in [6, 6.07) is 0. The minimum Gasteiger partial charge on any atom is -0.331 e. The topological polar surface area (TPSA) is 3.24 Å². The molecule has 5 heteroatoms. The summed E-state index contributed by atoms with van der Waals surface area (Å²) >= 11 is 11.4. The number of unbranched alkanes of at least 4 members (excludes halogenated alkanes) is 1. The Bertz CT molecular complexity index is 60.5. The van der Waals surface area contributed by atoms with Crippen LogP contribution in [0.15, 0.2) is 0 Å². The van der Waals surface area contributed by atoms with Gasteiger partial charge in [0.1, 0.15) is 0 Å². The Morgan fingerprint density at radius 1 is 1.33 bits per heavy atom. The maximum Gasteiger partial charge on any atom is 0.192 e. The molecule has 0 rings (SSSR count). The van der Waals surface area contributed by atoms with Crippen molar-refractivity contribution in [1.82, 2.24) is 4.23 Å². The number of hydrogen-bond donors (Lipinski definition) is 0. The molecule has 0 fully saturated rings. The van der Waals surface area contributed by atoms with Gasteiger partial charge in [0.15, 0.2) is 18.0 Å². The lowest BCUT2D eigenvalue weighted by molar-refractivity contribution is 0.628. The van der Waals surface area contributed by atoms with Crippen LogP contribution in [0.25, 0.3) is 0 Å². The molecule has 0 aliphatic heterocycles. The highest BCUT2D eigenvalue weighted by Crippen LogP contribution is 1.93. The summed E-state index contributed by atoms with van der Waals surface area (Å²) in [5.41, 5.74) is 0. The lowest BCUT2D eigenvalue weighted by atomic mass is 10.3.